The summed E-state index contributed by atoms with van der Waals surface area (Å²) in [5, 5.41) is 6.33. The van der Waals surface area contributed by atoms with Gasteiger partial charge < -0.3 is 20.0 Å². The van der Waals surface area contributed by atoms with Crippen molar-refractivity contribution >= 4 is 30.7 Å². The third kappa shape index (κ3) is 7.14. The zero-order chi connectivity index (χ0) is 17.5. The van der Waals surface area contributed by atoms with Gasteiger partial charge >= 0.3 is 0 Å². The molecule has 1 aromatic carbocycles. The van der Waals surface area contributed by atoms with Crippen molar-refractivity contribution in [1.29, 1.82) is 0 Å². The van der Waals surface area contributed by atoms with Gasteiger partial charge in [-0.2, -0.15) is 0 Å². The number of carbonyl (C=O) groups excluding carboxylic acids is 1. The van der Waals surface area contributed by atoms with Gasteiger partial charge in [-0.05, 0) is 32.0 Å². The van der Waals surface area contributed by atoms with Crippen LogP contribution in [0.15, 0.2) is 34.7 Å². The standard InChI is InChI=1S/C19H26N4O2.2ClH/c1-15-17(22-19(25-15)16-6-3-2-4-7-16)14-18(24)21-8-5-11-23-12-9-20-10-13-23;;/h2-4,6-7,20H,5,8-14H2,1H3,(H,21,24);2*1H. The molecule has 2 aromatic rings. The molecule has 0 unspecified atom stereocenters. The second kappa shape index (κ2) is 12.0. The fourth-order valence-corrected chi connectivity index (χ4v) is 2.98. The van der Waals surface area contributed by atoms with Crippen LogP contribution in [0.3, 0.4) is 0 Å². The van der Waals surface area contributed by atoms with Crippen LogP contribution in [0.25, 0.3) is 11.5 Å². The van der Waals surface area contributed by atoms with Gasteiger partial charge in [0.2, 0.25) is 11.8 Å². The third-order valence-corrected chi connectivity index (χ3v) is 4.42. The van der Waals surface area contributed by atoms with E-state index in [1.165, 1.54) is 0 Å². The molecule has 0 saturated carbocycles. The Bertz CT molecular complexity index is 688. The van der Waals surface area contributed by atoms with Crippen molar-refractivity contribution in [2.24, 2.45) is 0 Å². The first kappa shape index (κ1) is 23.4. The lowest BCUT2D eigenvalue weighted by molar-refractivity contribution is -0.120. The van der Waals surface area contributed by atoms with Gasteiger partial charge in [-0.15, -0.1) is 24.8 Å². The van der Waals surface area contributed by atoms with Gasteiger partial charge in [0, 0.05) is 38.3 Å². The van der Waals surface area contributed by atoms with Crippen molar-refractivity contribution in [3.63, 3.8) is 0 Å². The minimum atomic E-state index is -0.00341. The monoisotopic (exact) mass is 414 g/mol. The Morgan fingerprint density at radius 1 is 1.22 bits per heavy atom. The van der Waals surface area contributed by atoms with E-state index in [4.69, 9.17) is 4.42 Å². The summed E-state index contributed by atoms with van der Waals surface area (Å²) >= 11 is 0. The van der Waals surface area contributed by atoms with Crippen LogP contribution in [0.4, 0.5) is 0 Å². The van der Waals surface area contributed by atoms with Gasteiger partial charge in [0.25, 0.3) is 0 Å². The third-order valence-electron chi connectivity index (χ3n) is 4.42. The highest BCUT2D eigenvalue weighted by Crippen LogP contribution is 2.21. The van der Waals surface area contributed by atoms with Crippen LogP contribution >= 0.6 is 24.8 Å². The number of hydrogen-bond donors (Lipinski definition) is 2. The average Bonchev–Trinajstić information content (AvgIpc) is 3.01. The first-order valence-electron chi connectivity index (χ1n) is 8.94. The molecule has 2 N–H and O–H groups in total. The number of aryl methyl sites for hydroxylation is 1. The lowest BCUT2D eigenvalue weighted by Crippen LogP contribution is -2.44. The Morgan fingerprint density at radius 3 is 2.63 bits per heavy atom. The molecule has 1 aliphatic heterocycles. The highest BCUT2D eigenvalue weighted by molar-refractivity contribution is 5.85. The second-order valence-corrected chi connectivity index (χ2v) is 6.36. The maximum absolute atomic E-state index is 12.1. The number of benzene rings is 1. The summed E-state index contributed by atoms with van der Waals surface area (Å²) in [7, 11) is 0. The Kier molecular flexibility index (Phi) is 10.4. The topological polar surface area (TPSA) is 70.4 Å². The van der Waals surface area contributed by atoms with E-state index in [0.717, 1.165) is 44.7 Å². The molecular formula is C19H28Cl2N4O2. The summed E-state index contributed by atoms with van der Waals surface area (Å²) in [6, 6.07) is 9.74. The number of amides is 1. The van der Waals surface area contributed by atoms with Crippen LogP contribution in [-0.2, 0) is 11.2 Å². The van der Waals surface area contributed by atoms with E-state index in [1.54, 1.807) is 0 Å². The molecule has 150 valence electrons. The Labute approximate surface area is 172 Å². The first-order chi connectivity index (χ1) is 12.2. The number of hydrogen-bond acceptors (Lipinski definition) is 5. The van der Waals surface area contributed by atoms with Crippen molar-refractivity contribution in [2.45, 2.75) is 19.8 Å². The molecule has 1 fully saturated rings. The number of oxazole rings is 1. The maximum Gasteiger partial charge on any atom is 0.226 e. The van der Waals surface area contributed by atoms with E-state index < -0.39 is 0 Å². The van der Waals surface area contributed by atoms with Gasteiger partial charge in [0.1, 0.15) is 5.76 Å². The molecule has 0 atom stereocenters. The minimum absolute atomic E-state index is 0. The van der Waals surface area contributed by atoms with Gasteiger partial charge in [-0.25, -0.2) is 4.98 Å². The van der Waals surface area contributed by atoms with E-state index in [9.17, 15) is 4.79 Å². The Morgan fingerprint density at radius 2 is 1.93 bits per heavy atom. The molecule has 2 heterocycles. The predicted molar refractivity (Wildman–Crippen MR) is 112 cm³/mol. The van der Waals surface area contributed by atoms with Gasteiger partial charge in [0.05, 0.1) is 12.1 Å². The lowest BCUT2D eigenvalue weighted by Gasteiger charge is -2.27. The molecule has 3 rings (SSSR count). The number of halogens is 2. The molecule has 27 heavy (non-hydrogen) atoms. The summed E-state index contributed by atoms with van der Waals surface area (Å²) in [5.41, 5.74) is 1.63. The molecule has 0 bridgehead atoms. The summed E-state index contributed by atoms with van der Waals surface area (Å²) in [4.78, 5) is 19.1. The molecule has 8 heteroatoms. The van der Waals surface area contributed by atoms with Crippen LogP contribution in [-0.4, -0.2) is 55.1 Å². The molecule has 6 nitrogen and oxygen atoms in total. The Balaban J connectivity index is 0.00000182. The van der Waals surface area contributed by atoms with E-state index in [1.807, 2.05) is 37.3 Å². The van der Waals surface area contributed by atoms with E-state index in [-0.39, 0.29) is 37.1 Å². The van der Waals surface area contributed by atoms with Crippen molar-refractivity contribution < 1.29 is 9.21 Å². The van der Waals surface area contributed by atoms with Crippen LogP contribution in [0.5, 0.6) is 0 Å². The fraction of sp³-hybridized carbons (Fsp3) is 0.474. The highest BCUT2D eigenvalue weighted by Gasteiger charge is 2.14. The predicted octanol–water partition coefficient (Wildman–Crippen LogP) is 2.45. The van der Waals surface area contributed by atoms with Gasteiger partial charge in [-0.3, -0.25) is 4.79 Å². The molecule has 0 spiro atoms. The lowest BCUT2D eigenvalue weighted by atomic mass is 10.2. The van der Waals surface area contributed by atoms with Crippen LogP contribution < -0.4 is 10.6 Å². The average molecular weight is 415 g/mol. The molecule has 1 saturated heterocycles. The van der Waals surface area contributed by atoms with Crippen molar-refractivity contribution in [1.82, 2.24) is 20.5 Å². The number of aromatic nitrogens is 1. The molecule has 0 aliphatic carbocycles. The number of nitrogens with one attached hydrogen (secondary N) is 2. The zero-order valence-corrected chi connectivity index (χ0v) is 17.2. The number of carbonyl (C=O) groups is 1. The second-order valence-electron chi connectivity index (χ2n) is 6.36. The van der Waals surface area contributed by atoms with E-state index in [0.29, 0.717) is 23.9 Å². The largest absolute Gasteiger partial charge is 0.441 e. The molecule has 1 aliphatic rings. The maximum atomic E-state index is 12.1. The number of nitrogens with zero attached hydrogens (tertiary/aromatic N) is 2. The molecular weight excluding hydrogens is 387 g/mol. The van der Waals surface area contributed by atoms with Crippen LogP contribution in [0.2, 0.25) is 0 Å². The van der Waals surface area contributed by atoms with Crippen molar-refractivity contribution in [2.75, 3.05) is 39.3 Å². The van der Waals surface area contributed by atoms with Crippen molar-refractivity contribution in [3.05, 3.63) is 41.8 Å². The SMILES string of the molecule is Cc1oc(-c2ccccc2)nc1CC(=O)NCCCN1CCNCC1.Cl.Cl. The summed E-state index contributed by atoms with van der Waals surface area (Å²) < 4.78 is 5.70. The van der Waals surface area contributed by atoms with Crippen LogP contribution in [0, 0.1) is 6.92 Å². The van der Waals surface area contributed by atoms with E-state index in [2.05, 4.69) is 20.5 Å². The number of piperazine rings is 1. The zero-order valence-electron chi connectivity index (χ0n) is 15.6. The molecule has 1 amide bonds. The van der Waals surface area contributed by atoms with Gasteiger partial charge in [-0.1, -0.05) is 18.2 Å². The fourth-order valence-electron chi connectivity index (χ4n) is 2.98. The Hall–Kier alpha value is -1.60. The quantitative estimate of drug-likeness (QED) is 0.680. The number of rotatable bonds is 7. The van der Waals surface area contributed by atoms with Gasteiger partial charge in [0.15, 0.2) is 0 Å². The minimum Gasteiger partial charge on any atom is -0.441 e. The summed E-state index contributed by atoms with van der Waals surface area (Å²) in [6.45, 7) is 7.88. The van der Waals surface area contributed by atoms with Crippen LogP contribution in [0.1, 0.15) is 17.9 Å². The molecule has 1 aromatic heterocycles. The summed E-state index contributed by atoms with van der Waals surface area (Å²) in [6.07, 6.45) is 1.23. The summed E-state index contributed by atoms with van der Waals surface area (Å²) in [5.74, 6) is 1.27. The smallest absolute Gasteiger partial charge is 0.226 e. The highest BCUT2D eigenvalue weighted by atomic mass is 35.5. The first-order valence-corrected chi connectivity index (χ1v) is 8.94. The normalized spacial score (nSPS) is 14.1. The van der Waals surface area contributed by atoms with Crippen molar-refractivity contribution in [3.8, 4) is 11.5 Å². The van der Waals surface area contributed by atoms with E-state index >= 15 is 0 Å². The molecule has 0 radical (unpaired) electrons.